The summed E-state index contributed by atoms with van der Waals surface area (Å²) in [4.78, 5) is 12.3. The van der Waals surface area contributed by atoms with E-state index in [-0.39, 0.29) is 19.0 Å². The molecule has 1 N–H and O–H groups in total. The molecule has 0 aliphatic carbocycles. The molecule has 146 valence electrons. The summed E-state index contributed by atoms with van der Waals surface area (Å²) in [5.74, 6) is 0.392. The molecule has 0 radical (unpaired) electrons. The third-order valence-corrected chi connectivity index (χ3v) is 5.56. The Balaban J connectivity index is 1.95. The average Bonchev–Trinajstić information content (AvgIpc) is 2.63. The van der Waals surface area contributed by atoms with Crippen LogP contribution in [-0.2, 0) is 27.8 Å². The van der Waals surface area contributed by atoms with Gasteiger partial charge in [-0.05, 0) is 42.2 Å². The molecule has 0 aliphatic heterocycles. The molecular weight excluding hydrogens is 364 g/mol. The fourth-order valence-electron chi connectivity index (χ4n) is 2.66. The molecule has 0 unspecified atom stereocenters. The van der Waals surface area contributed by atoms with Gasteiger partial charge in [0, 0.05) is 13.1 Å². The zero-order valence-corrected chi connectivity index (χ0v) is 16.8. The summed E-state index contributed by atoms with van der Waals surface area (Å²) in [6, 6.07) is 15.2. The van der Waals surface area contributed by atoms with Crippen LogP contribution in [0.4, 0.5) is 0 Å². The lowest BCUT2D eigenvalue weighted by molar-refractivity contribution is -0.121. The number of hydrogen-bond acceptors (Lipinski definition) is 4. The summed E-state index contributed by atoms with van der Waals surface area (Å²) in [6.45, 7) is 2.37. The first kappa shape index (κ1) is 20.9. The molecular formula is C20H26N2O4S. The topological polar surface area (TPSA) is 75.7 Å². The van der Waals surface area contributed by atoms with E-state index in [1.807, 2.05) is 55.5 Å². The number of carbonyl (C=O) groups is 1. The van der Waals surface area contributed by atoms with Crippen molar-refractivity contribution >= 4 is 15.9 Å². The minimum absolute atomic E-state index is 0.200. The second-order valence-corrected chi connectivity index (χ2v) is 8.38. The second-order valence-electron chi connectivity index (χ2n) is 6.40. The number of rotatable bonds is 9. The molecule has 0 bridgehead atoms. The van der Waals surface area contributed by atoms with Crippen molar-refractivity contribution < 1.29 is 17.9 Å². The summed E-state index contributed by atoms with van der Waals surface area (Å²) in [7, 11) is -1.91. The maximum atomic E-state index is 12.3. The maximum absolute atomic E-state index is 12.3. The highest BCUT2D eigenvalue weighted by molar-refractivity contribution is 7.88. The van der Waals surface area contributed by atoms with E-state index in [9.17, 15) is 13.2 Å². The van der Waals surface area contributed by atoms with Gasteiger partial charge in [-0.2, -0.15) is 4.31 Å². The number of nitrogens with zero attached hydrogens (tertiary/aromatic N) is 1. The molecule has 0 aliphatic rings. The highest BCUT2D eigenvalue weighted by atomic mass is 32.2. The van der Waals surface area contributed by atoms with Gasteiger partial charge in [-0.1, -0.05) is 36.4 Å². The SMILES string of the molecule is COc1cccc(CCN(CC(=O)NCc2ccccc2C)S(C)(=O)=O)c1. The van der Waals surface area contributed by atoms with Crippen molar-refractivity contribution in [2.24, 2.45) is 0 Å². The van der Waals surface area contributed by atoms with Crippen LogP contribution in [0.15, 0.2) is 48.5 Å². The summed E-state index contributed by atoms with van der Waals surface area (Å²) < 4.78 is 30.5. The van der Waals surface area contributed by atoms with Crippen LogP contribution in [0.5, 0.6) is 5.75 Å². The van der Waals surface area contributed by atoms with Crippen molar-refractivity contribution in [2.75, 3.05) is 26.5 Å². The Labute approximate surface area is 161 Å². The van der Waals surface area contributed by atoms with Crippen molar-refractivity contribution in [3.63, 3.8) is 0 Å². The van der Waals surface area contributed by atoms with Gasteiger partial charge in [-0.25, -0.2) is 8.42 Å². The molecule has 0 saturated heterocycles. The second kappa shape index (κ2) is 9.53. The number of benzene rings is 2. The van der Waals surface area contributed by atoms with E-state index in [1.165, 1.54) is 4.31 Å². The largest absolute Gasteiger partial charge is 0.497 e. The molecule has 2 aromatic rings. The first-order chi connectivity index (χ1) is 12.8. The van der Waals surface area contributed by atoms with E-state index in [0.29, 0.717) is 13.0 Å². The van der Waals surface area contributed by atoms with Crippen molar-refractivity contribution in [1.29, 1.82) is 0 Å². The lowest BCUT2D eigenvalue weighted by Gasteiger charge is -2.20. The molecule has 27 heavy (non-hydrogen) atoms. The smallest absolute Gasteiger partial charge is 0.235 e. The van der Waals surface area contributed by atoms with E-state index in [2.05, 4.69) is 5.32 Å². The Morgan fingerprint density at radius 3 is 2.56 bits per heavy atom. The Kier molecular flexibility index (Phi) is 7.38. The molecule has 0 fully saturated rings. The van der Waals surface area contributed by atoms with Crippen molar-refractivity contribution in [2.45, 2.75) is 19.9 Å². The van der Waals surface area contributed by atoms with Crippen LogP contribution in [0.25, 0.3) is 0 Å². The molecule has 2 rings (SSSR count). The summed E-state index contributed by atoms with van der Waals surface area (Å²) >= 11 is 0. The Morgan fingerprint density at radius 1 is 1.15 bits per heavy atom. The van der Waals surface area contributed by atoms with Crippen LogP contribution in [-0.4, -0.2) is 45.1 Å². The van der Waals surface area contributed by atoms with Crippen molar-refractivity contribution in [1.82, 2.24) is 9.62 Å². The van der Waals surface area contributed by atoms with Crippen LogP contribution in [0.2, 0.25) is 0 Å². The first-order valence-electron chi connectivity index (χ1n) is 8.69. The fourth-order valence-corrected chi connectivity index (χ4v) is 3.44. The minimum atomic E-state index is -3.50. The third-order valence-electron chi connectivity index (χ3n) is 4.31. The molecule has 0 saturated carbocycles. The summed E-state index contributed by atoms with van der Waals surface area (Å²) in [6.07, 6.45) is 1.61. The Bertz CT molecular complexity index is 881. The molecule has 0 aromatic heterocycles. The van der Waals surface area contributed by atoms with E-state index >= 15 is 0 Å². The van der Waals surface area contributed by atoms with Gasteiger partial charge in [0.25, 0.3) is 0 Å². The van der Waals surface area contributed by atoms with Crippen LogP contribution in [0, 0.1) is 6.92 Å². The number of carbonyl (C=O) groups excluding carboxylic acids is 1. The third kappa shape index (κ3) is 6.69. The van der Waals surface area contributed by atoms with Crippen LogP contribution < -0.4 is 10.1 Å². The van der Waals surface area contributed by atoms with Gasteiger partial charge >= 0.3 is 0 Å². The highest BCUT2D eigenvalue weighted by Crippen LogP contribution is 2.14. The van der Waals surface area contributed by atoms with Crippen LogP contribution in [0.3, 0.4) is 0 Å². The molecule has 1 amide bonds. The van der Waals surface area contributed by atoms with Gasteiger partial charge in [0.15, 0.2) is 0 Å². The zero-order valence-electron chi connectivity index (χ0n) is 15.9. The normalized spacial score (nSPS) is 11.4. The number of methoxy groups -OCH3 is 1. The van der Waals surface area contributed by atoms with Crippen molar-refractivity contribution in [3.05, 3.63) is 65.2 Å². The first-order valence-corrected chi connectivity index (χ1v) is 10.5. The Morgan fingerprint density at radius 2 is 1.89 bits per heavy atom. The molecule has 2 aromatic carbocycles. The van der Waals surface area contributed by atoms with E-state index in [1.54, 1.807) is 7.11 Å². The lowest BCUT2D eigenvalue weighted by atomic mass is 10.1. The molecule has 0 atom stereocenters. The predicted octanol–water partition coefficient (Wildman–Crippen LogP) is 2.12. The average molecular weight is 391 g/mol. The van der Waals surface area contributed by atoms with Crippen LogP contribution >= 0.6 is 0 Å². The van der Waals surface area contributed by atoms with E-state index in [0.717, 1.165) is 28.7 Å². The van der Waals surface area contributed by atoms with Crippen LogP contribution in [0.1, 0.15) is 16.7 Å². The van der Waals surface area contributed by atoms with Gasteiger partial charge in [-0.3, -0.25) is 4.79 Å². The number of sulfonamides is 1. The van der Waals surface area contributed by atoms with Crippen molar-refractivity contribution in [3.8, 4) is 5.75 Å². The number of hydrogen-bond donors (Lipinski definition) is 1. The van der Waals surface area contributed by atoms with E-state index < -0.39 is 10.0 Å². The number of ether oxygens (including phenoxy) is 1. The number of nitrogens with one attached hydrogen (secondary N) is 1. The maximum Gasteiger partial charge on any atom is 0.235 e. The van der Waals surface area contributed by atoms with Gasteiger partial charge in [0.1, 0.15) is 5.75 Å². The van der Waals surface area contributed by atoms with Gasteiger partial charge < -0.3 is 10.1 Å². The van der Waals surface area contributed by atoms with E-state index in [4.69, 9.17) is 4.74 Å². The monoisotopic (exact) mass is 390 g/mol. The molecule has 7 heteroatoms. The highest BCUT2D eigenvalue weighted by Gasteiger charge is 2.20. The van der Waals surface area contributed by atoms with Gasteiger partial charge in [-0.15, -0.1) is 0 Å². The standard InChI is InChI=1S/C20H26N2O4S/c1-16-7-4-5-9-18(16)14-21-20(23)15-22(27(3,24)25)12-11-17-8-6-10-19(13-17)26-2/h4-10,13H,11-12,14-15H2,1-3H3,(H,21,23). The fraction of sp³-hybridized carbons (Fsp3) is 0.350. The molecule has 0 heterocycles. The van der Waals surface area contributed by atoms with Gasteiger partial charge in [0.05, 0.1) is 19.9 Å². The summed E-state index contributed by atoms with van der Waals surface area (Å²) in [5.41, 5.74) is 3.03. The zero-order chi connectivity index (χ0) is 19.9. The number of aryl methyl sites for hydroxylation is 1. The minimum Gasteiger partial charge on any atom is -0.497 e. The Hall–Kier alpha value is -2.38. The number of amides is 1. The lowest BCUT2D eigenvalue weighted by Crippen LogP contribution is -2.41. The summed E-state index contributed by atoms with van der Waals surface area (Å²) in [5, 5.41) is 2.79. The van der Waals surface area contributed by atoms with Gasteiger partial charge in [0.2, 0.25) is 15.9 Å². The molecule has 6 nitrogen and oxygen atoms in total. The molecule has 0 spiro atoms. The predicted molar refractivity (Wildman–Crippen MR) is 106 cm³/mol. The quantitative estimate of drug-likeness (QED) is 0.712.